The molecular formula is C71H59BN4. The fourth-order valence-corrected chi connectivity index (χ4v) is 15.6. The smallest absolute Gasteiger partial charge is 0.252 e. The Morgan fingerprint density at radius 3 is 1.78 bits per heavy atom. The van der Waals surface area contributed by atoms with Gasteiger partial charge in [-0.1, -0.05) is 179 Å². The second-order valence-corrected chi connectivity index (χ2v) is 23.7. The van der Waals surface area contributed by atoms with E-state index in [-0.39, 0.29) is 23.1 Å². The van der Waals surface area contributed by atoms with Crippen molar-refractivity contribution >= 4 is 79.7 Å². The minimum absolute atomic E-state index is 0.0234. The lowest BCUT2D eigenvalue weighted by molar-refractivity contribution is 0.195. The predicted octanol–water partition coefficient (Wildman–Crippen LogP) is 16.0. The molecule has 76 heavy (non-hydrogen) atoms. The van der Waals surface area contributed by atoms with Gasteiger partial charge < -0.3 is 14.7 Å². The van der Waals surface area contributed by atoms with E-state index in [1.165, 1.54) is 126 Å². The van der Waals surface area contributed by atoms with Crippen LogP contribution in [0, 0.1) is 11.8 Å². The van der Waals surface area contributed by atoms with Gasteiger partial charge in [0.1, 0.15) is 0 Å². The van der Waals surface area contributed by atoms with Crippen LogP contribution in [0.25, 0.3) is 33.5 Å². The van der Waals surface area contributed by atoms with Crippen LogP contribution in [0.1, 0.15) is 87.6 Å². The lowest BCUT2D eigenvalue weighted by Gasteiger charge is -2.52. The number of para-hydroxylation sites is 2. The van der Waals surface area contributed by atoms with Crippen LogP contribution in [-0.4, -0.2) is 17.2 Å². The zero-order valence-corrected chi connectivity index (χ0v) is 43.8. The van der Waals surface area contributed by atoms with Gasteiger partial charge in [0.2, 0.25) is 0 Å². The third-order valence-electron chi connectivity index (χ3n) is 19.5. The van der Waals surface area contributed by atoms with Crippen LogP contribution in [0.3, 0.4) is 0 Å². The summed E-state index contributed by atoms with van der Waals surface area (Å²) in [7, 11) is 0. The van der Waals surface area contributed by atoms with E-state index >= 15 is 0 Å². The molecule has 4 atom stereocenters. The zero-order chi connectivity index (χ0) is 50.7. The summed E-state index contributed by atoms with van der Waals surface area (Å²) in [4.78, 5) is 13.2. The average Bonchev–Trinajstić information content (AvgIpc) is 4.30. The zero-order valence-electron chi connectivity index (χ0n) is 43.8. The van der Waals surface area contributed by atoms with Crippen molar-refractivity contribution in [3.8, 4) is 22.4 Å². The normalized spacial score (nSPS) is 22.5. The van der Waals surface area contributed by atoms with E-state index in [1.807, 2.05) is 12.3 Å². The van der Waals surface area contributed by atoms with Crippen molar-refractivity contribution in [2.45, 2.75) is 76.2 Å². The van der Waals surface area contributed by atoms with Crippen LogP contribution in [0.15, 0.2) is 212 Å². The molecule has 5 heteroatoms. The predicted molar refractivity (Wildman–Crippen MR) is 318 cm³/mol. The third kappa shape index (κ3) is 6.00. The number of hydrogen-bond donors (Lipinski definition) is 0. The number of anilines is 8. The van der Waals surface area contributed by atoms with E-state index in [2.05, 4.69) is 243 Å². The molecule has 8 aromatic carbocycles. The minimum Gasteiger partial charge on any atom is -0.334 e. The SMILES string of the molecule is CC1(C)c2cccc3c2B2c4c(cc(N5c6ccc(-c7ccccc7)cc6C6(C)CCCCC56C)cc4N(c4ccccc4-c4ccccn4)c4cccc1c42)N3c1ccccc1C1=CC(c2ccccc2)=CC2CC12. The summed E-state index contributed by atoms with van der Waals surface area (Å²) < 4.78 is 0. The summed E-state index contributed by atoms with van der Waals surface area (Å²) in [5.41, 5.74) is 28.0. The van der Waals surface area contributed by atoms with Crippen molar-refractivity contribution in [2.24, 2.45) is 11.8 Å². The first-order valence-corrected chi connectivity index (χ1v) is 27.9. The van der Waals surface area contributed by atoms with Crippen LogP contribution < -0.4 is 31.1 Å². The molecule has 5 heterocycles. The molecule has 0 bridgehead atoms. The number of benzene rings is 8. The van der Waals surface area contributed by atoms with Gasteiger partial charge in [0.25, 0.3) is 6.71 Å². The summed E-state index contributed by atoms with van der Waals surface area (Å²) in [6.07, 6.45) is 12.9. The van der Waals surface area contributed by atoms with Gasteiger partial charge in [0, 0.05) is 62.3 Å². The molecule has 0 saturated heterocycles. The van der Waals surface area contributed by atoms with Crippen molar-refractivity contribution in [2.75, 3.05) is 14.7 Å². The van der Waals surface area contributed by atoms with Crippen molar-refractivity contribution in [1.82, 2.24) is 4.98 Å². The Balaban J connectivity index is 1.01. The number of rotatable bonds is 7. The average molecular weight is 979 g/mol. The number of nitrogens with zero attached hydrogens (tertiary/aromatic N) is 4. The van der Waals surface area contributed by atoms with Gasteiger partial charge in [-0.2, -0.15) is 0 Å². The van der Waals surface area contributed by atoms with Crippen LogP contribution in [0.4, 0.5) is 45.5 Å². The minimum atomic E-state index is -0.264. The Hall–Kier alpha value is -8.15. The van der Waals surface area contributed by atoms with E-state index in [1.54, 1.807) is 0 Å². The molecule has 4 nitrogen and oxygen atoms in total. The lowest BCUT2D eigenvalue weighted by Crippen LogP contribution is -2.67. The van der Waals surface area contributed by atoms with Crippen LogP contribution >= 0.6 is 0 Å². The molecule has 7 aliphatic rings. The van der Waals surface area contributed by atoms with Gasteiger partial charge in [-0.3, -0.25) is 4.98 Å². The lowest BCUT2D eigenvalue weighted by atomic mass is 9.28. The molecule has 0 amide bonds. The topological polar surface area (TPSA) is 22.6 Å². The van der Waals surface area contributed by atoms with E-state index in [0.717, 1.165) is 29.8 Å². The maximum Gasteiger partial charge on any atom is 0.252 e. The molecule has 1 aromatic heterocycles. The second-order valence-electron chi connectivity index (χ2n) is 23.7. The largest absolute Gasteiger partial charge is 0.334 e. The standard InChI is InChI=1S/C71H59BN4/c1-69(2)55-27-19-32-62-66(55)72-67-56(69)28-20-33-63(67)75(60-31-14-12-26-52(60)58-29-15-18-38-73-58)65-44-50(76-61-35-34-47(45-21-7-5-8-22-45)42-57(61)70(3)36-16-17-37-71(70,76)4)43-64(68(65)72)74(62)59-30-13-11-25-51(59)54-40-48(39-49-41-53(49)54)46-23-9-6-10-24-46/h5-15,18-35,38-40,42-44,49,53H,16-17,36-37,41H2,1-4H3. The summed E-state index contributed by atoms with van der Waals surface area (Å²) in [6.45, 7) is 10.1. The van der Waals surface area contributed by atoms with Gasteiger partial charge >= 0.3 is 0 Å². The van der Waals surface area contributed by atoms with Crippen LogP contribution in [-0.2, 0) is 10.8 Å². The highest BCUT2D eigenvalue weighted by Gasteiger charge is 2.59. The van der Waals surface area contributed by atoms with Gasteiger partial charge in [-0.15, -0.1) is 0 Å². The molecule has 4 aliphatic heterocycles. The Morgan fingerprint density at radius 2 is 1.09 bits per heavy atom. The number of allylic oxidation sites excluding steroid dienone is 4. The highest BCUT2D eigenvalue weighted by molar-refractivity contribution is 7.01. The van der Waals surface area contributed by atoms with Crippen molar-refractivity contribution in [3.05, 3.63) is 240 Å². The second kappa shape index (κ2) is 15.9. The molecule has 0 radical (unpaired) electrons. The highest BCUT2D eigenvalue weighted by Crippen LogP contribution is 2.63. The van der Waals surface area contributed by atoms with E-state index in [0.29, 0.717) is 11.8 Å². The maximum atomic E-state index is 5.04. The first-order chi connectivity index (χ1) is 37.2. The van der Waals surface area contributed by atoms with E-state index in [9.17, 15) is 0 Å². The molecule has 9 aromatic rings. The Kier molecular flexibility index (Phi) is 9.27. The summed E-state index contributed by atoms with van der Waals surface area (Å²) in [5.74, 6) is 1.04. The van der Waals surface area contributed by atoms with E-state index in [4.69, 9.17) is 4.98 Å². The fourth-order valence-electron chi connectivity index (χ4n) is 15.6. The molecule has 0 N–H and O–H groups in total. The fraction of sp³-hybridized carbons (Fsp3) is 0.197. The molecule has 366 valence electrons. The first-order valence-electron chi connectivity index (χ1n) is 27.9. The number of aromatic nitrogens is 1. The van der Waals surface area contributed by atoms with Gasteiger partial charge in [0.15, 0.2) is 0 Å². The number of pyridine rings is 1. The molecule has 4 unspecified atom stereocenters. The number of hydrogen-bond acceptors (Lipinski definition) is 4. The quantitative estimate of drug-likeness (QED) is 0.148. The van der Waals surface area contributed by atoms with Gasteiger partial charge in [-0.25, -0.2) is 0 Å². The monoisotopic (exact) mass is 978 g/mol. The molecule has 0 spiro atoms. The Morgan fingerprint density at radius 1 is 0.487 bits per heavy atom. The Bertz CT molecular complexity index is 3970. The summed E-state index contributed by atoms with van der Waals surface area (Å²) in [6, 6.07) is 73.7. The van der Waals surface area contributed by atoms with Crippen molar-refractivity contribution < 1.29 is 0 Å². The van der Waals surface area contributed by atoms with E-state index < -0.39 is 0 Å². The molecular weight excluding hydrogens is 920 g/mol. The van der Waals surface area contributed by atoms with Crippen LogP contribution in [0.5, 0.6) is 0 Å². The molecule has 3 aliphatic carbocycles. The Labute approximate surface area is 447 Å². The number of fused-ring (bicyclic) bond motifs is 4. The summed E-state index contributed by atoms with van der Waals surface area (Å²) in [5, 5.41) is 0. The highest BCUT2D eigenvalue weighted by atomic mass is 15.3. The molecule has 2 saturated carbocycles. The van der Waals surface area contributed by atoms with Crippen molar-refractivity contribution in [3.63, 3.8) is 0 Å². The third-order valence-corrected chi connectivity index (χ3v) is 19.5. The molecule has 2 fully saturated rings. The summed E-state index contributed by atoms with van der Waals surface area (Å²) >= 11 is 0. The maximum absolute atomic E-state index is 5.04. The van der Waals surface area contributed by atoms with Crippen molar-refractivity contribution in [1.29, 1.82) is 0 Å². The first kappa shape index (κ1) is 44.2. The van der Waals surface area contributed by atoms with Crippen LogP contribution in [0.2, 0.25) is 0 Å². The van der Waals surface area contributed by atoms with Gasteiger partial charge in [0.05, 0.1) is 22.6 Å². The molecule has 16 rings (SSSR count). The van der Waals surface area contributed by atoms with Gasteiger partial charge in [-0.05, 0) is 160 Å².